The standard InChI is InChI=1S/C24H35N5O2/c1-25-24(26-15-18-6-8-19(9-7-18)16-28(2)3)27-20-10-11-29(17-20)21-12-22(30-4)14-23(13-21)31-5/h6-9,12-14,20H,10-11,15-17H2,1-5H3,(H2,25,26,27). The first kappa shape index (κ1) is 22.7. The van der Waals surface area contributed by atoms with Crippen LogP contribution in [0.1, 0.15) is 17.5 Å². The summed E-state index contributed by atoms with van der Waals surface area (Å²) in [4.78, 5) is 8.92. The summed E-state index contributed by atoms with van der Waals surface area (Å²) >= 11 is 0. The molecule has 1 atom stereocenters. The molecule has 1 unspecified atom stereocenters. The minimum absolute atomic E-state index is 0.325. The molecule has 3 rings (SSSR count). The van der Waals surface area contributed by atoms with E-state index in [-0.39, 0.29) is 0 Å². The fourth-order valence-corrected chi connectivity index (χ4v) is 3.79. The fourth-order valence-electron chi connectivity index (χ4n) is 3.79. The Morgan fingerprint density at radius 2 is 1.71 bits per heavy atom. The molecule has 7 nitrogen and oxygen atoms in total. The lowest BCUT2D eigenvalue weighted by Crippen LogP contribution is -2.44. The van der Waals surface area contributed by atoms with Crippen molar-refractivity contribution in [2.75, 3.05) is 53.4 Å². The number of hydrogen-bond donors (Lipinski definition) is 2. The quantitative estimate of drug-likeness (QED) is 0.501. The van der Waals surface area contributed by atoms with Crippen LogP contribution in [0.25, 0.3) is 0 Å². The van der Waals surface area contributed by atoms with E-state index in [9.17, 15) is 0 Å². The molecule has 1 heterocycles. The number of nitrogens with zero attached hydrogens (tertiary/aromatic N) is 3. The molecule has 31 heavy (non-hydrogen) atoms. The number of aliphatic imine (C=N–C) groups is 1. The second-order valence-electron chi connectivity index (χ2n) is 8.13. The van der Waals surface area contributed by atoms with Crippen LogP contribution in [-0.4, -0.2) is 65.4 Å². The minimum atomic E-state index is 0.325. The number of benzene rings is 2. The van der Waals surface area contributed by atoms with Gasteiger partial charge in [-0.1, -0.05) is 24.3 Å². The zero-order valence-electron chi connectivity index (χ0n) is 19.3. The molecule has 0 spiro atoms. The molecule has 0 amide bonds. The van der Waals surface area contributed by atoms with Crippen LogP contribution in [0, 0.1) is 0 Å². The number of guanidine groups is 1. The second kappa shape index (κ2) is 10.9. The van der Waals surface area contributed by atoms with Crippen LogP contribution < -0.4 is 25.0 Å². The van der Waals surface area contributed by atoms with Gasteiger partial charge in [0, 0.05) is 63.2 Å². The van der Waals surface area contributed by atoms with E-state index in [1.54, 1.807) is 14.2 Å². The van der Waals surface area contributed by atoms with E-state index < -0.39 is 0 Å². The largest absolute Gasteiger partial charge is 0.497 e. The minimum Gasteiger partial charge on any atom is -0.497 e. The number of nitrogens with one attached hydrogen (secondary N) is 2. The monoisotopic (exact) mass is 425 g/mol. The highest BCUT2D eigenvalue weighted by Crippen LogP contribution is 2.30. The Labute approximate surface area is 186 Å². The molecule has 168 valence electrons. The highest BCUT2D eigenvalue weighted by molar-refractivity contribution is 5.80. The van der Waals surface area contributed by atoms with Crippen LogP contribution in [0.2, 0.25) is 0 Å². The average Bonchev–Trinajstić information content (AvgIpc) is 3.25. The highest BCUT2D eigenvalue weighted by atomic mass is 16.5. The van der Waals surface area contributed by atoms with E-state index in [0.29, 0.717) is 6.04 Å². The van der Waals surface area contributed by atoms with E-state index in [4.69, 9.17) is 9.47 Å². The van der Waals surface area contributed by atoms with Crippen molar-refractivity contribution in [3.63, 3.8) is 0 Å². The molecule has 2 aromatic rings. The molecular weight excluding hydrogens is 390 g/mol. The first-order valence-corrected chi connectivity index (χ1v) is 10.7. The van der Waals surface area contributed by atoms with Crippen molar-refractivity contribution in [1.29, 1.82) is 0 Å². The maximum absolute atomic E-state index is 5.41. The van der Waals surface area contributed by atoms with Crippen molar-refractivity contribution < 1.29 is 9.47 Å². The van der Waals surface area contributed by atoms with E-state index in [2.05, 4.69) is 75.9 Å². The summed E-state index contributed by atoms with van der Waals surface area (Å²) in [6.45, 7) is 3.56. The van der Waals surface area contributed by atoms with E-state index in [1.165, 1.54) is 11.1 Å². The van der Waals surface area contributed by atoms with Crippen molar-refractivity contribution >= 4 is 11.6 Å². The zero-order chi connectivity index (χ0) is 22.2. The summed E-state index contributed by atoms with van der Waals surface area (Å²) in [5, 5.41) is 6.99. The van der Waals surface area contributed by atoms with Crippen molar-refractivity contribution in [2.24, 2.45) is 4.99 Å². The molecule has 1 aliphatic rings. The molecule has 7 heteroatoms. The molecule has 0 saturated carbocycles. The van der Waals surface area contributed by atoms with Gasteiger partial charge in [0.15, 0.2) is 5.96 Å². The van der Waals surface area contributed by atoms with Gasteiger partial charge in [0.25, 0.3) is 0 Å². The molecular formula is C24H35N5O2. The van der Waals surface area contributed by atoms with E-state index in [1.807, 2.05) is 13.1 Å². The predicted octanol–water partition coefficient (Wildman–Crippen LogP) is 2.71. The third-order valence-corrected chi connectivity index (χ3v) is 5.44. The van der Waals surface area contributed by atoms with Gasteiger partial charge in [0.05, 0.1) is 14.2 Å². The first-order chi connectivity index (χ1) is 15.0. The fraction of sp³-hybridized carbons (Fsp3) is 0.458. The Morgan fingerprint density at radius 3 is 2.29 bits per heavy atom. The summed E-state index contributed by atoms with van der Waals surface area (Å²) < 4.78 is 10.8. The third-order valence-electron chi connectivity index (χ3n) is 5.44. The smallest absolute Gasteiger partial charge is 0.191 e. The number of ether oxygens (including phenoxy) is 2. The number of anilines is 1. The van der Waals surface area contributed by atoms with Crippen LogP contribution in [0.15, 0.2) is 47.5 Å². The summed E-state index contributed by atoms with van der Waals surface area (Å²) in [7, 11) is 9.34. The molecule has 2 N–H and O–H groups in total. The Kier molecular flexibility index (Phi) is 8.00. The van der Waals surface area contributed by atoms with E-state index in [0.717, 1.165) is 55.7 Å². The lowest BCUT2D eigenvalue weighted by atomic mass is 10.1. The molecule has 0 bridgehead atoms. The second-order valence-corrected chi connectivity index (χ2v) is 8.13. The average molecular weight is 426 g/mol. The van der Waals surface area contributed by atoms with Gasteiger partial charge in [-0.3, -0.25) is 4.99 Å². The maximum Gasteiger partial charge on any atom is 0.191 e. The summed E-state index contributed by atoms with van der Waals surface area (Å²) in [5.74, 6) is 2.44. The number of rotatable bonds is 8. The van der Waals surface area contributed by atoms with Crippen molar-refractivity contribution in [2.45, 2.75) is 25.6 Å². The summed E-state index contributed by atoms with van der Waals surface area (Å²) in [5.41, 5.74) is 3.67. The summed E-state index contributed by atoms with van der Waals surface area (Å²) in [6.07, 6.45) is 1.04. The van der Waals surface area contributed by atoms with Crippen LogP contribution in [0.3, 0.4) is 0 Å². The lowest BCUT2D eigenvalue weighted by molar-refractivity contribution is 0.394. The van der Waals surface area contributed by atoms with Crippen LogP contribution in [0.4, 0.5) is 5.69 Å². The lowest BCUT2D eigenvalue weighted by Gasteiger charge is -2.21. The van der Waals surface area contributed by atoms with Crippen LogP contribution in [-0.2, 0) is 13.1 Å². The molecule has 0 radical (unpaired) electrons. The van der Waals surface area contributed by atoms with Crippen LogP contribution >= 0.6 is 0 Å². The van der Waals surface area contributed by atoms with Crippen molar-refractivity contribution in [3.05, 3.63) is 53.6 Å². The normalized spacial score (nSPS) is 16.5. The van der Waals surface area contributed by atoms with Gasteiger partial charge in [-0.05, 0) is 31.6 Å². The first-order valence-electron chi connectivity index (χ1n) is 10.7. The van der Waals surface area contributed by atoms with Gasteiger partial charge in [0.2, 0.25) is 0 Å². The van der Waals surface area contributed by atoms with Gasteiger partial charge < -0.3 is 29.9 Å². The highest BCUT2D eigenvalue weighted by Gasteiger charge is 2.24. The van der Waals surface area contributed by atoms with Gasteiger partial charge in [-0.2, -0.15) is 0 Å². The topological polar surface area (TPSA) is 61.4 Å². The predicted molar refractivity (Wildman–Crippen MR) is 127 cm³/mol. The third kappa shape index (κ3) is 6.52. The van der Waals surface area contributed by atoms with Crippen LogP contribution in [0.5, 0.6) is 11.5 Å². The molecule has 1 aliphatic heterocycles. The Hall–Kier alpha value is -2.93. The van der Waals surface area contributed by atoms with Gasteiger partial charge in [-0.25, -0.2) is 0 Å². The Balaban J connectivity index is 1.52. The Morgan fingerprint density at radius 1 is 1.06 bits per heavy atom. The van der Waals surface area contributed by atoms with Crippen molar-refractivity contribution in [1.82, 2.24) is 15.5 Å². The SMILES string of the molecule is CN=C(NCc1ccc(CN(C)C)cc1)NC1CCN(c2cc(OC)cc(OC)c2)C1. The van der Waals surface area contributed by atoms with E-state index >= 15 is 0 Å². The van der Waals surface area contributed by atoms with Gasteiger partial charge in [-0.15, -0.1) is 0 Å². The molecule has 0 aromatic heterocycles. The number of methoxy groups -OCH3 is 2. The molecule has 0 aliphatic carbocycles. The number of hydrogen-bond acceptors (Lipinski definition) is 5. The molecule has 2 aromatic carbocycles. The van der Waals surface area contributed by atoms with Gasteiger partial charge >= 0.3 is 0 Å². The zero-order valence-corrected chi connectivity index (χ0v) is 19.3. The Bertz CT molecular complexity index is 845. The maximum atomic E-state index is 5.41. The summed E-state index contributed by atoms with van der Waals surface area (Å²) in [6, 6.07) is 15.0. The molecule has 1 fully saturated rings. The molecule has 1 saturated heterocycles. The van der Waals surface area contributed by atoms with Crippen molar-refractivity contribution in [3.8, 4) is 11.5 Å². The van der Waals surface area contributed by atoms with Gasteiger partial charge in [0.1, 0.15) is 11.5 Å².